The lowest BCUT2D eigenvalue weighted by atomic mass is 10.1. The monoisotopic (exact) mass is 295 g/mol. The van der Waals surface area contributed by atoms with Crippen LogP contribution >= 0.6 is 0 Å². The average Bonchev–Trinajstić information content (AvgIpc) is 2.50. The van der Waals surface area contributed by atoms with Crippen LogP contribution in [0.25, 0.3) is 11.3 Å². The topological polar surface area (TPSA) is 60.9 Å². The molecule has 2 aromatic carbocycles. The summed E-state index contributed by atoms with van der Waals surface area (Å²) in [5.74, 6) is -0.308. The Morgan fingerprint density at radius 2 is 1.82 bits per heavy atom. The van der Waals surface area contributed by atoms with Gasteiger partial charge in [-0.15, -0.1) is 0 Å². The molecule has 0 saturated heterocycles. The first-order valence-electron chi connectivity index (χ1n) is 6.80. The largest absolute Gasteiger partial charge is 0.399 e. The van der Waals surface area contributed by atoms with Gasteiger partial charge in [0, 0.05) is 17.3 Å². The van der Waals surface area contributed by atoms with Crippen molar-refractivity contribution in [2.75, 3.05) is 5.73 Å². The van der Waals surface area contributed by atoms with Crippen LogP contribution in [0.15, 0.2) is 65.5 Å². The Kier molecular flexibility index (Phi) is 3.70. The number of benzene rings is 2. The Morgan fingerprint density at radius 3 is 2.55 bits per heavy atom. The van der Waals surface area contributed by atoms with Crippen molar-refractivity contribution in [1.82, 2.24) is 9.78 Å². The molecule has 0 bridgehead atoms. The third-order valence-corrected chi connectivity index (χ3v) is 3.29. The number of anilines is 1. The van der Waals surface area contributed by atoms with E-state index in [0.717, 1.165) is 11.1 Å². The van der Waals surface area contributed by atoms with Crippen LogP contribution in [-0.2, 0) is 6.54 Å². The Balaban J connectivity index is 1.96. The maximum absolute atomic E-state index is 13.0. The lowest BCUT2D eigenvalue weighted by Crippen LogP contribution is -2.22. The summed E-state index contributed by atoms with van der Waals surface area (Å²) < 4.78 is 14.4. The molecule has 0 aliphatic rings. The van der Waals surface area contributed by atoms with Crippen molar-refractivity contribution in [1.29, 1.82) is 0 Å². The number of hydrogen-bond donors (Lipinski definition) is 1. The quantitative estimate of drug-likeness (QED) is 0.756. The molecule has 1 heterocycles. The van der Waals surface area contributed by atoms with Crippen LogP contribution in [0, 0.1) is 5.82 Å². The van der Waals surface area contributed by atoms with Crippen LogP contribution in [0.5, 0.6) is 0 Å². The highest BCUT2D eigenvalue weighted by atomic mass is 19.1. The predicted molar refractivity (Wildman–Crippen MR) is 83.8 cm³/mol. The van der Waals surface area contributed by atoms with Crippen LogP contribution < -0.4 is 11.3 Å². The standard InChI is InChI=1S/C17H14FN3O/c18-14-6-4-13(5-7-14)16-8-9-17(22)21(20-16)11-12-2-1-3-15(19)10-12/h1-10H,11,19H2. The molecule has 3 rings (SSSR count). The zero-order valence-electron chi connectivity index (χ0n) is 11.7. The molecule has 0 aliphatic heterocycles. The second-order valence-corrected chi connectivity index (χ2v) is 4.97. The molecule has 1 aromatic heterocycles. The van der Waals surface area contributed by atoms with E-state index >= 15 is 0 Å². The summed E-state index contributed by atoms with van der Waals surface area (Å²) in [7, 11) is 0. The molecule has 0 aliphatic carbocycles. The lowest BCUT2D eigenvalue weighted by molar-refractivity contribution is 0.627. The van der Waals surface area contributed by atoms with Gasteiger partial charge >= 0.3 is 0 Å². The van der Waals surface area contributed by atoms with Crippen LogP contribution in [0.1, 0.15) is 5.56 Å². The van der Waals surface area contributed by atoms with Gasteiger partial charge in [0.2, 0.25) is 0 Å². The Bertz CT molecular complexity index is 856. The van der Waals surface area contributed by atoms with Crippen molar-refractivity contribution in [3.05, 3.63) is 82.4 Å². The number of nitrogen functional groups attached to an aromatic ring is 1. The van der Waals surface area contributed by atoms with Gasteiger partial charge in [0.15, 0.2) is 0 Å². The fourth-order valence-electron chi connectivity index (χ4n) is 2.20. The van der Waals surface area contributed by atoms with Gasteiger partial charge in [0.05, 0.1) is 12.2 Å². The zero-order valence-corrected chi connectivity index (χ0v) is 11.7. The fourth-order valence-corrected chi connectivity index (χ4v) is 2.20. The molecular weight excluding hydrogens is 281 g/mol. The van der Waals surface area contributed by atoms with Gasteiger partial charge in [0.25, 0.3) is 5.56 Å². The van der Waals surface area contributed by atoms with Crippen molar-refractivity contribution in [3.63, 3.8) is 0 Å². The normalized spacial score (nSPS) is 10.6. The molecule has 4 nitrogen and oxygen atoms in total. The highest BCUT2D eigenvalue weighted by Crippen LogP contribution is 2.16. The zero-order chi connectivity index (χ0) is 15.5. The first-order valence-corrected chi connectivity index (χ1v) is 6.80. The molecule has 0 fully saturated rings. The maximum atomic E-state index is 13.0. The number of nitrogens with two attached hydrogens (primary N) is 1. The third-order valence-electron chi connectivity index (χ3n) is 3.29. The summed E-state index contributed by atoms with van der Waals surface area (Å²) in [6.07, 6.45) is 0. The number of hydrogen-bond acceptors (Lipinski definition) is 3. The van der Waals surface area contributed by atoms with E-state index in [1.165, 1.54) is 22.9 Å². The molecule has 0 unspecified atom stereocenters. The van der Waals surface area contributed by atoms with Gasteiger partial charge in [0.1, 0.15) is 5.82 Å². The first kappa shape index (κ1) is 14.0. The Hall–Kier alpha value is -2.95. The Labute approximate surface area is 126 Å². The molecule has 0 atom stereocenters. The average molecular weight is 295 g/mol. The fraction of sp³-hybridized carbons (Fsp3) is 0.0588. The number of halogens is 1. The van der Waals surface area contributed by atoms with E-state index in [0.29, 0.717) is 17.9 Å². The SMILES string of the molecule is Nc1cccc(Cn2nc(-c3ccc(F)cc3)ccc2=O)c1. The smallest absolute Gasteiger partial charge is 0.267 e. The molecule has 0 radical (unpaired) electrons. The van der Waals surface area contributed by atoms with E-state index < -0.39 is 0 Å². The van der Waals surface area contributed by atoms with Crippen molar-refractivity contribution in [2.45, 2.75) is 6.54 Å². The van der Waals surface area contributed by atoms with Crippen molar-refractivity contribution < 1.29 is 4.39 Å². The van der Waals surface area contributed by atoms with Gasteiger partial charge < -0.3 is 5.73 Å². The molecule has 5 heteroatoms. The summed E-state index contributed by atoms with van der Waals surface area (Å²) in [4.78, 5) is 12.0. The highest BCUT2D eigenvalue weighted by Gasteiger charge is 2.05. The second-order valence-electron chi connectivity index (χ2n) is 4.97. The molecule has 0 spiro atoms. The first-order chi connectivity index (χ1) is 10.6. The third kappa shape index (κ3) is 3.03. The Morgan fingerprint density at radius 1 is 1.05 bits per heavy atom. The molecule has 22 heavy (non-hydrogen) atoms. The predicted octanol–water partition coefficient (Wildman–Crippen LogP) is 2.68. The van der Waals surface area contributed by atoms with Crippen LogP contribution in [0.2, 0.25) is 0 Å². The summed E-state index contributed by atoms with van der Waals surface area (Å²) in [5.41, 5.74) is 8.44. The highest BCUT2D eigenvalue weighted by molar-refractivity contribution is 5.57. The van der Waals surface area contributed by atoms with Crippen molar-refractivity contribution >= 4 is 5.69 Å². The number of rotatable bonds is 3. The van der Waals surface area contributed by atoms with Gasteiger partial charge in [-0.25, -0.2) is 9.07 Å². The van der Waals surface area contributed by atoms with Crippen LogP contribution in [0.4, 0.5) is 10.1 Å². The van der Waals surface area contributed by atoms with E-state index in [9.17, 15) is 9.18 Å². The van der Waals surface area contributed by atoms with E-state index in [4.69, 9.17) is 5.73 Å². The summed E-state index contributed by atoms with van der Waals surface area (Å²) >= 11 is 0. The van der Waals surface area contributed by atoms with Gasteiger partial charge in [-0.1, -0.05) is 12.1 Å². The minimum Gasteiger partial charge on any atom is -0.399 e. The van der Waals surface area contributed by atoms with Gasteiger partial charge in [-0.3, -0.25) is 4.79 Å². The van der Waals surface area contributed by atoms with E-state index in [2.05, 4.69) is 5.10 Å². The summed E-state index contributed by atoms with van der Waals surface area (Å²) in [6.45, 7) is 0.332. The summed E-state index contributed by atoms with van der Waals surface area (Å²) in [6, 6.07) is 16.4. The van der Waals surface area contributed by atoms with Crippen LogP contribution in [0.3, 0.4) is 0 Å². The van der Waals surface area contributed by atoms with E-state index in [1.54, 1.807) is 30.3 Å². The summed E-state index contributed by atoms with van der Waals surface area (Å²) in [5, 5.41) is 4.34. The van der Waals surface area contributed by atoms with Gasteiger partial charge in [-0.05, 0) is 48.0 Å². The van der Waals surface area contributed by atoms with E-state index in [1.807, 2.05) is 12.1 Å². The maximum Gasteiger partial charge on any atom is 0.267 e. The minimum absolute atomic E-state index is 0.201. The molecule has 0 amide bonds. The molecule has 0 saturated carbocycles. The number of nitrogens with zero attached hydrogens (tertiary/aromatic N) is 2. The van der Waals surface area contributed by atoms with Gasteiger partial charge in [-0.2, -0.15) is 5.10 Å². The van der Waals surface area contributed by atoms with E-state index in [-0.39, 0.29) is 11.4 Å². The molecule has 110 valence electrons. The minimum atomic E-state index is -0.308. The lowest BCUT2D eigenvalue weighted by Gasteiger charge is -2.08. The molecule has 2 N–H and O–H groups in total. The number of aromatic nitrogens is 2. The van der Waals surface area contributed by atoms with Crippen LogP contribution in [-0.4, -0.2) is 9.78 Å². The molecule has 3 aromatic rings. The van der Waals surface area contributed by atoms with Crippen molar-refractivity contribution in [2.24, 2.45) is 0 Å². The van der Waals surface area contributed by atoms with Crippen molar-refractivity contribution in [3.8, 4) is 11.3 Å². The second kappa shape index (κ2) is 5.81. The molecular formula is C17H14FN3O.